The molecule has 12 nitrogen and oxygen atoms in total. The van der Waals surface area contributed by atoms with Crippen LogP contribution in [-0.2, 0) is 23.1 Å². The Bertz CT molecular complexity index is 1590. The van der Waals surface area contributed by atoms with Crippen LogP contribution in [0.15, 0.2) is 36.4 Å². The molecule has 240 valence electrons. The quantitative estimate of drug-likeness (QED) is 0.267. The van der Waals surface area contributed by atoms with E-state index in [2.05, 4.69) is 42.6 Å². The number of aromatic nitrogens is 4. The van der Waals surface area contributed by atoms with Crippen LogP contribution in [-0.4, -0.2) is 81.0 Å². The molecule has 2 fully saturated rings. The molecule has 2 aromatic carbocycles. The zero-order chi connectivity index (χ0) is 32.3. The fourth-order valence-electron chi connectivity index (χ4n) is 7.62. The molecule has 0 bridgehead atoms. The smallest absolute Gasteiger partial charge is 0.251 e. The Hall–Kier alpha value is -4.63. The molecule has 1 atom stereocenters. The van der Waals surface area contributed by atoms with E-state index in [1.807, 2.05) is 50.2 Å². The number of aryl methyl sites for hydroxylation is 2. The van der Waals surface area contributed by atoms with Gasteiger partial charge in [0, 0.05) is 36.3 Å². The van der Waals surface area contributed by atoms with Gasteiger partial charge in [-0.1, -0.05) is 12.1 Å². The number of H-pyrrole nitrogens is 1. The van der Waals surface area contributed by atoms with Crippen molar-refractivity contribution in [3.63, 3.8) is 0 Å². The maximum Gasteiger partial charge on any atom is 0.251 e. The monoisotopic (exact) mass is 623 g/mol. The number of fused-ring (bicyclic) bond motifs is 2. The maximum atomic E-state index is 13.4. The lowest BCUT2D eigenvalue weighted by atomic mass is 9.60. The molecule has 0 radical (unpaired) electrons. The molecular weight excluding hydrogens is 582 g/mol. The zero-order valence-corrected chi connectivity index (χ0v) is 26.5. The van der Waals surface area contributed by atoms with Crippen molar-refractivity contribution >= 4 is 17.7 Å². The molecule has 6 rings (SSSR count). The Kier molecular flexibility index (Phi) is 8.86. The Morgan fingerprint density at radius 3 is 2.11 bits per heavy atom. The van der Waals surface area contributed by atoms with Crippen molar-refractivity contribution < 1.29 is 14.4 Å². The van der Waals surface area contributed by atoms with Gasteiger partial charge in [-0.2, -0.15) is 5.26 Å². The van der Waals surface area contributed by atoms with Crippen molar-refractivity contribution in [3.05, 3.63) is 75.6 Å². The summed E-state index contributed by atoms with van der Waals surface area (Å²) in [6.45, 7) is 5.57. The highest BCUT2D eigenvalue weighted by atomic mass is 16.2. The normalized spacial score (nSPS) is 19.2. The van der Waals surface area contributed by atoms with Gasteiger partial charge in [0.2, 0.25) is 5.91 Å². The van der Waals surface area contributed by atoms with Crippen LogP contribution in [0.4, 0.5) is 0 Å². The molecule has 1 saturated heterocycles. The van der Waals surface area contributed by atoms with Crippen molar-refractivity contribution in [1.29, 1.82) is 5.26 Å². The molecule has 2 aliphatic carbocycles. The number of carbonyl (C=O) groups is 3. The first-order valence-corrected chi connectivity index (χ1v) is 16.4. The summed E-state index contributed by atoms with van der Waals surface area (Å²) in [6.07, 6.45) is 6.10. The summed E-state index contributed by atoms with van der Waals surface area (Å²) in [5.74, 6) is 0.235. The first-order valence-electron chi connectivity index (χ1n) is 16.4. The number of benzene rings is 2. The van der Waals surface area contributed by atoms with Gasteiger partial charge < -0.3 is 20.9 Å². The summed E-state index contributed by atoms with van der Waals surface area (Å²) in [4.78, 5) is 40.9. The summed E-state index contributed by atoms with van der Waals surface area (Å²) in [7, 11) is 0. The van der Waals surface area contributed by atoms with Gasteiger partial charge >= 0.3 is 0 Å². The first kappa shape index (κ1) is 31.4. The van der Waals surface area contributed by atoms with Gasteiger partial charge in [-0.15, -0.1) is 5.10 Å². The SMILES string of the molecule is CCNC(=O)c1ccc2c(c1)CCc1cc(C(=O)NCC)ccc1C2(CC1(NCC(=O)N2CCCC2C#N)CCC1)c1nnn[nH]1. The third-order valence-electron chi connectivity index (χ3n) is 9.99. The highest BCUT2D eigenvalue weighted by Crippen LogP contribution is 2.52. The Balaban J connectivity index is 1.47. The fraction of sp³-hybridized carbons (Fsp3) is 0.500. The van der Waals surface area contributed by atoms with Crippen LogP contribution in [0.3, 0.4) is 0 Å². The molecule has 12 heteroatoms. The Labute approximate surface area is 268 Å². The van der Waals surface area contributed by atoms with Gasteiger partial charge in [0.25, 0.3) is 11.8 Å². The molecule has 1 saturated carbocycles. The van der Waals surface area contributed by atoms with E-state index in [4.69, 9.17) is 0 Å². The number of likely N-dealkylation sites (tertiary alicyclic amines) is 1. The standard InChI is InChI=1S/C34H41N9O3/c1-3-36-30(45)24-10-12-27-22(17-24)8-9-23-18-25(31(46)37-4-2)11-13-28(23)34(27,32-39-41-42-40-32)21-33(14-6-15-33)38-20-29(44)43-16-5-7-26(43)19-35/h10-13,17-18,26,38H,3-9,14-16,20-21H2,1-2H3,(H,36,45)(H,37,46)(H,39,40,41,42). The second kappa shape index (κ2) is 13.0. The van der Waals surface area contributed by atoms with E-state index in [0.29, 0.717) is 62.3 Å². The molecule has 3 aromatic rings. The average Bonchev–Trinajstić information content (AvgIpc) is 3.75. The number of nitrogens with one attached hydrogen (secondary N) is 4. The van der Waals surface area contributed by atoms with E-state index in [9.17, 15) is 19.6 Å². The van der Waals surface area contributed by atoms with Gasteiger partial charge in [-0.05, 0) is 122 Å². The highest BCUT2D eigenvalue weighted by Gasteiger charge is 2.52. The number of nitrogens with zero attached hydrogens (tertiary/aromatic N) is 5. The lowest BCUT2D eigenvalue weighted by Gasteiger charge is -2.49. The summed E-state index contributed by atoms with van der Waals surface area (Å²) in [5, 5.41) is 34.7. The third kappa shape index (κ3) is 5.64. The number of aromatic amines is 1. The van der Waals surface area contributed by atoms with Crippen LogP contribution in [0.25, 0.3) is 0 Å². The fourth-order valence-corrected chi connectivity index (χ4v) is 7.62. The molecule has 2 heterocycles. The van der Waals surface area contributed by atoms with Crippen molar-refractivity contribution in [1.82, 2.24) is 41.5 Å². The molecule has 1 aliphatic heterocycles. The van der Waals surface area contributed by atoms with Gasteiger partial charge in [-0.3, -0.25) is 14.4 Å². The molecule has 4 N–H and O–H groups in total. The van der Waals surface area contributed by atoms with Crippen molar-refractivity contribution in [2.75, 3.05) is 26.2 Å². The Morgan fingerprint density at radius 2 is 1.61 bits per heavy atom. The van der Waals surface area contributed by atoms with E-state index in [1.165, 1.54) is 0 Å². The molecule has 3 amide bonds. The molecule has 46 heavy (non-hydrogen) atoms. The number of rotatable bonds is 10. The third-order valence-corrected chi connectivity index (χ3v) is 9.99. The molecule has 1 unspecified atom stereocenters. The van der Waals surface area contributed by atoms with Gasteiger partial charge in [-0.25, -0.2) is 5.10 Å². The number of nitriles is 1. The van der Waals surface area contributed by atoms with E-state index in [0.717, 1.165) is 47.9 Å². The number of hydrogen-bond acceptors (Lipinski definition) is 8. The largest absolute Gasteiger partial charge is 0.352 e. The second-order valence-corrected chi connectivity index (χ2v) is 12.7. The highest BCUT2D eigenvalue weighted by molar-refractivity contribution is 5.95. The van der Waals surface area contributed by atoms with Crippen LogP contribution >= 0.6 is 0 Å². The predicted molar refractivity (Wildman–Crippen MR) is 170 cm³/mol. The minimum atomic E-state index is -0.872. The lowest BCUT2D eigenvalue weighted by molar-refractivity contribution is -0.130. The molecule has 0 spiro atoms. The van der Waals surface area contributed by atoms with Crippen LogP contribution in [0, 0.1) is 11.3 Å². The zero-order valence-electron chi connectivity index (χ0n) is 26.5. The predicted octanol–water partition coefficient (Wildman–Crippen LogP) is 2.55. The van der Waals surface area contributed by atoms with E-state index >= 15 is 0 Å². The number of hydrogen-bond donors (Lipinski definition) is 4. The first-order chi connectivity index (χ1) is 22.3. The topological polar surface area (TPSA) is 169 Å². The minimum absolute atomic E-state index is 0.0643. The van der Waals surface area contributed by atoms with Crippen molar-refractivity contribution in [3.8, 4) is 6.07 Å². The van der Waals surface area contributed by atoms with Gasteiger partial charge in [0.1, 0.15) is 6.04 Å². The number of tetrazole rings is 1. The summed E-state index contributed by atoms with van der Waals surface area (Å²) >= 11 is 0. The summed E-state index contributed by atoms with van der Waals surface area (Å²) < 4.78 is 0. The van der Waals surface area contributed by atoms with Crippen molar-refractivity contribution in [2.45, 2.75) is 82.2 Å². The van der Waals surface area contributed by atoms with Crippen LogP contribution in [0.1, 0.15) is 101 Å². The number of amides is 3. The molecule has 1 aromatic heterocycles. The van der Waals surface area contributed by atoms with Crippen molar-refractivity contribution in [2.24, 2.45) is 0 Å². The van der Waals surface area contributed by atoms with E-state index < -0.39 is 11.0 Å². The maximum absolute atomic E-state index is 13.4. The van der Waals surface area contributed by atoms with Crippen LogP contribution in [0.5, 0.6) is 0 Å². The summed E-state index contributed by atoms with van der Waals surface area (Å²) in [5.41, 5.74) is 3.88. The van der Waals surface area contributed by atoms with Crippen LogP contribution in [0.2, 0.25) is 0 Å². The van der Waals surface area contributed by atoms with Gasteiger partial charge in [0.15, 0.2) is 5.82 Å². The lowest BCUT2D eigenvalue weighted by Crippen LogP contribution is -2.58. The van der Waals surface area contributed by atoms with E-state index in [-0.39, 0.29) is 30.3 Å². The average molecular weight is 624 g/mol. The molecular formula is C34H41N9O3. The number of carbonyl (C=O) groups excluding carboxylic acids is 3. The Morgan fingerprint density at radius 1 is 0.978 bits per heavy atom. The minimum Gasteiger partial charge on any atom is -0.352 e. The van der Waals surface area contributed by atoms with Crippen LogP contribution < -0.4 is 16.0 Å². The van der Waals surface area contributed by atoms with E-state index in [1.54, 1.807) is 4.90 Å². The van der Waals surface area contributed by atoms with Gasteiger partial charge in [0.05, 0.1) is 18.0 Å². The summed E-state index contributed by atoms with van der Waals surface area (Å²) in [6, 6.07) is 13.6. The second-order valence-electron chi connectivity index (χ2n) is 12.7. The molecule has 3 aliphatic rings.